The van der Waals surface area contributed by atoms with E-state index in [1.807, 2.05) is 0 Å². The van der Waals surface area contributed by atoms with Crippen LogP contribution in [-0.2, 0) is 13.0 Å². The summed E-state index contributed by atoms with van der Waals surface area (Å²) in [5, 5.41) is 3.30. The van der Waals surface area contributed by atoms with Gasteiger partial charge in [-0.3, -0.25) is 19.5 Å². The van der Waals surface area contributed by atoms with E-state index in [1.54, 1.807) is 13.1 Å². The van der Waals surface area contributed by atoms with E-state index >= 15 is 0 Å². The fraction of sp³-hybridized carbons (Fsp3) is 0.143. The summed E-state index contributed by atoms with van der Waals surface area (Å²) in [6, 6.07) is 8.09. The molecule has 0 saturated heterocycles. The molecule has 10 heteroatoms. The highest BCUT2D eigenvalue weighted by molar-refractivity contribution is 7.15. The first-order chi connectivity index (χ1) is 14.9. The lowest BCUT2D eigenvalue weighted by molar-refractivity contribution is 0.102. The van der Waals surface area contributed by atoms with Crippen molar-refractivity contribution in [3.63, 3.8) is 0 Å². The van der Waals surface area contributed by atoms with Crippen LogP contribution in [0, 0.1) is 11.6 Å². The predicted molar refractivity (Wildman–Crippen MR) is 114 cm³/mol. The predicted octanol–water partition coefficient (Wildman–Crippen LogP) is 3.29. The number of thiazole rings is 1. The van der Waals surface area contributed by atoms with Gasteiger partial charge in [0, 0.05) is 29.6 Å². The van der Waals surface area contributed by atoms with Crippen LogP contribution < -0.4 is 16.6 Å². The van der Waals surface area contributed by atoms with Crippen LogP contribution in [-0.4, -0.2) is 20.4 Å². The van der Waals surface area contributed by atoms with Crippen LogP contribution >= 0.6 is 11.3 Å². The zero-order valence-corrected chi connectivity index (χ0v) is 17.1. The molecule has 0 aliphatic rings. The third-order valence-electron chi connectivity index (χ3n) is 4.70. The van der Waals surface area contributed by atoms with Crippen molar-refractivity contribution < 1.29 is 13.6 Å². The Morgan fingerprint density at radius 1 is 1.16 bits per heavy atom. The SMILES string of the molecule is CCn1c(=O)[nH]c2cc(C(=O)Nc3ncc(Cc4ccc(F)c(F)c4)s3)ccc2c1=O. The minimum absolute atomic E-state index is 0.239. The number of halogens is 2. The number of fused-ring (bicyclic) bond motifs is 1. The van der Waals surface area contributed by atoms with Crippen molar-refractivity contribution >= 4 is 33.3 Å². The molecule has 0 spiro atoms. The minimum Gasteiger partial charge on any atom is -0.307 e. The standard InChI is InChI=1S/C21H16F2N4O3S/c1-2-27-19(29)14-5-4-12(9-17(14)25-21(27)30)18(28)26-20-24-10-13(31-20)7-11-3-6-15(22)16(23)8-11/h3-6,8-10H,2,7H2,1H3,(H,25,30)(H,24,26,28). The van der Waals surface area contributed by atoms with E-state index in [2.05, 4.69) is 15.3 Å². The fourth-order valence-electron chi connectivity index (χ4n) is 3.15. The number of aromatic nitrogens is 3. The number of aromatic amines is 1. The van der Waals surface area contributed by atoms with Gasteiger partial charge in [-0.1, -0.05) is 6.07 Å². The molecular weight excluding hydrogens is 426 g/mol. The van der Waals surface area contributed by atoms with Crippen molar-refractivity contribution in [3.8, 4) is 0 Å². The van der Waals surface area contributed by atoms with Crippen LogP contribution in [0.5, 0.6) is 0 Å². The molecule has 31 heavy (non-hydrogen) atoms. The normalized spacial score (nSPS) is 11.1. The van der Waals surface area contributed by atoms with Crippen molar-refractivity contribution in [2.45, 2.75) is 19.9 Å². The smallest absolute Gasteiger partial charge is 0.307 e. The van der Waals surface area contributed by atoms with Gasteiger partial charge in [0.25, 0.3) is 11.5 Å². The van der Waals surface area contributed by atoms with E-state index in [9.17, 15) is 23.2 Å². The summed E-state index contributed by atoms with van der Waals surface area (Å²) in [5.74, 6) is -2.29. The lowest BCUT2D eigenvalue weighted by atomic mass is 10.1. The number of benzene rings is 2. The maximum Gasteiger partial charge on any atom is 0.328 e. The van der Waals surface area contributed by atoms with Crippen molar-refractivity contribution in [1.29, 1.82) is 0 Å². The number of anilines is 1. The second-order valence-corrected chi connectivity index (χ2v) is 7.87. The maximum absolute atomic E-state index is 13.4. The third kappa shape index (κ3) is 4.15. The molecule has 0 saturated carbocycles. The van der Waals surface area contributed by atoms with Crippen molar-refractivity contribution in [1.82, 2.24) is 14.5 Å². The van der Waals surface area contributed by atoms with E-state index in [4.69, 9.17) is 0 Å². The first-order valence-electron chi connectivity index (χ1n) is 9.32. The molecule has 2 aromatic heterocycles. The monoisotopic (exact) mass is 442 g/mol. The molecule has 0 fully saturated rings. The first-order valence-corrected chi connectivity index (χ1v) is 10.1. The van der Waals surface area contributed by atoms with Crippen molar-refractivity contribution in [3.05, 3.63) is 91.1 Å². The van der Waals surface area contributed by atoms with Gasteiger partial charge in [-0.2, -0.15) is 0 Å². The average molecular weight is 442 g/mol. The zero-order chi connectivity index (χ0) is 22.1. The number of hydrogen-bond donors (Lipinski definition) is 2. The van der Waals surface area contributed by atoms with Crippen LogP contribution in [0.3, 0.4) is 0 Å². The van der Waals surface area contributed by atoms with Crippen LogP contribution in [0.1, 0.15) is 27.7 Å². The second kappa shape index (κ2) is 8.23. The van der Waals surface area contributed by atoms with E-state index in [1.165, 1.54) is 35.6 Å². The summed E-state index contributed by atoms with van der Waals surface area (Å²) in [7, 11) is 0. The Morgan fingerprint density at radius 2 is 1.97 bits per heavy atom. The zero-order valence-electron chi connectivity index (χ0n) is 16.2. The molecule has 7 nitrogen and oxygen atoms in total. The molecule has 0 unspecified atom stereocenters. The van der Waals surface area contributed by atoms with Crippen LogP contribution in [0.2, 0.25) is 0 Å². The number of carbonyl (C=O) groups is 1. The van der Waals surface area contributed by atoms with E-state index in [-0.39, 0.29) is 17.6 Å². The summed E-state index contributed by atoms with van der Waals surface area (Å²) in [4.78, 5) is 44.4. The Bertz CT molecular complexity index is 1420. The third-order valence-corrected chi connectivity index (χ3v) is 5.61. The quantitative estimate of drug-likeness (QED) is 0.496. The Labute approximate surface area is 178 Å². The highest BCUT2D eigenvalue weighted by Gasteiger charge is 2.13. The number of nitrogens with zero attached hydrogens (tertiary/aromatic N) is 2. The second-order valence-electron chi connectivity index (χ2n) is 6.75. The van der Waals surface area contributed by atoms with Gasteiger partial charge < -0.3 is 4.98 Å². The summed E-state index contributed by atoms with van der Waals surface area (Å²) < 4.78 is 27.5. The summed E-state index contributed by atoms with van der Waals surface area (Å²) >= 11 is 1.20. The summed E-state index contributed by atoms with van der Waals surface area (Å²) in [6.07, 6.45) is 1.89. The molecule has 0 atom stereocenters. The van der Waals surface area contributed by atoms with E-state index < -0.39 is 28.8 Å². The van der Waals surface area contributed by atoms with Gasteiger partial charge in [0.05, 0.1) is 10.9 Å². The molecule has 0 radical (unpaired) electrons. The van der Waals surface area contributed by atoms with Crippen LogP contribution in [0.25, 0.3) is 10.9 Å². The Hall–Kier alpha value is -3.66. The molecule has 0 bridgehead atoms. The molecule has 2 N–H and O–H groups in total. The highest BCUT2D eigenvalue weighted by atomic mass is 32.1. The van der Waals surface area contributed by atoms with Crippen molar-refractivity contribution in [2.24, 2.45) is 0 Å². The van der Waals surface area contributed by atoms with Gasteiger partial charge in [-0.05, 0) is 42.8 Å². The molecule has 1 amide bonds. The molecule has 4 rings (SSSR count). The van der Waals surface area contributed by atoms with Crippen LogP contribution in [0.4, 0.5) is 13.9 Å². The minimum atomic E-state index is -0.921. The summed E-state index contributed by atoms with van der Waals surface area (Å²) in [6.45, 7) is 1.93. The summed E-state index contributed by atoms with van der Waals surface area (Å²) in [5.41, 5.74) is 0.130. The van der Waals surface area contributed by atoms with Gasteiger partial charge in [0.1, 0.15) is 0 Å². The fourth-order valence-corrected chi connectivity index (χ4v) is 3.99. The Balaban J connectivity index is 1.53. The van der Waals surface area contributed by atoms with Gasteiger partial charge in [0.2, 0.25) is 0 Å². The maximum atomic E-state index is 13.4. The topological polar surface area (TPSA) is 96.8 Å². The number of amides is 1. The Morgan fingerprint density at radius 3 is 2.71 bits per heavy atom. The molecular formula is C21H16F2N4O3S. The lowest BCUT2D eigenvalue weighted by Crippen LogP contribution is -2.34. The van der Waals surface area contributed by atoms with Crippen molar-refractivity contribution in [2.75, 3.05) is 5.32 Å². The molecule has 2 aromatic carbocycles. The average Bonchev–Trinajstić information content (AvgIpc) is 3.17. The first kappa shape index (κ1) is 20.6. The number of nitrogens with one attached hydrogen (secondary N) is 2. The number of rotatable bonds is 5. The molecule has 0 aliphatic carbocycles. The van der Waals surface area contributed by atoms with Crippen LogP contribution in [0.15, 0.2) is 52.2 Å². The molecule has 4 aromatic rings. The van der Waals surface area contributed by atoms with E-state index in [0.29, 0.717) is 22.5 Å². The lowest BCUT2D eigenvalue weighted by Gasteiger charge is -2.06. The van der Waals surface area contributed by atoms with Gasteiger partial charge in [-0.25, -0.2) is 18.6 Å². The number of H-pyrrole nitrogens is 1. The van der Waals surface area contributed by atoms with Gasteiger partial charge in [0.15, 0.2) is 16.8 Å². The molecule has 0 aliphatic heterocycles. The van der Waals surface area contributed by atoms with Gasteiger partial charge >= 0.3 is 5.69 Å². The molecule has 158 valence electrons. The van der Waals surface area contributed by atoms with Gasteiger partial charge in [-0.15, -0.1) is 11.3 Å². The largest absolute Gasteiger partial charge is 0.328 e. The number of hydrogen-bond acceptors (Lipinski definition) is 5. The van der Waals surface area contributed by atoms with E-state index in [0.717, 1.165) is 21.6 Å². The molecule has 2 heterocycles. The Kier molecular flexibility index (Phi) is 5.47. The highest BCUT2D eigenvalue weighted by Crippen LogP contribution is 2.23. The number of carbonyl (C=O) groups excluding carboxylic acids is 1.